The smallest absolute Gasteiger partial charge is 0.281 e. The average molecular weight is 403 g/mol. The van der Waals surface area contributed by atoms with Crippen LogP contribution in [0.2, 0.25) is 0 Å². The van der Waals surface area contributed by atoms with Crippen molar-refractivity contribution in [3.05, 3.63) is 0 Å². The molecule has 1 heterocycles. The van der Waals surface area contributed by atoms with Crippen molar-refractivity contribution in [3.63, 3.8) is 0 Å². The first kappa shape index (κ1) is 24.8. The number of carbonyl (C=O) groups is 2. The fourth-order valence-electron chi connectivity index (χ4n) is 3.09. The van der Waals surface area contributed by atoms with Gasteiger partial charge in [-0.15, -0.1) is 0 Å². The van der Waals surface area contributed by atoms with Crippen molar-refractivity contribution in [3.8, 4) is 0 Å². The lowest BCUT2D eigenvalue weighted by molar-refractivity contribution is -0.417. The van der Waals surface area contributed by atoms with E-state index in [1.807, 2.05) is 0 Å². The van der Waals surface area contributed by atoms with Crippen LogP contribution < -0.4 is 11.5 Å². The van der Waals surface area contributed by atoms with Crippen molar-refractivity contribution in [2.45, 2.75) is 52.6 Å². The van der Waals surface area contributed by atoms with E-state index in [9.17, 15) is 9.59 Å². The minimum Gasteiger partial charge on any atom is -0.378 e. The number of carbonyl (C=O) groups excluding carboxylic acids is 2. The maximum absolute atomic E-state index is 12.7. The zero-order valence-corrected chi connectivity index (χ0v) is 18.3. The fourth-order valence-corrected chi connectivity index (χ4v) is 3.09. The molecule has 164 valence electrons. The monoisotopic (exact) mass is 402 g/mol. The van der Waals surface area contributed by atoms with Crippen molar-refractivity contribution < 1.29 is 30.5 Å². The molecule has 6 N–H and O–H groups in total. The highest BCUT2D eigenvalue weighted by molar-refractivity contribution is 5.81. The molecule has 2 amide bonds. The summed E-state index contributed by atoms with van der Waals surface area (Å²) in [6.45, 7) is 12.1. The van der Waals surface area contributed by atoms with Crippen LogP contribution >= 0.6 is 0 Å². The summed E-state index contributed by atoms with van der Waals surface area (Å²) in [6, 6.07) is -0.499. The maximum Gasteiger partial charge on any atom is 0.281 e. The molecule has 1 rings (SSSR count). The maximum atomic E-state index is 12.7. The van der Waals surface area contributed by atoms with Crippen LogP contribution in [0, 0.1) is 11.8 Å². The Hall–Kier alpha value is -1.22. The molecule has 0 aliphatic carbocycles. The summed E-state index contributed by atoms with van der Waals surface area (Å²) in [4.78, 5) is 29.0. The average Bonchev–Trinajstić information content (AvgIpc) is 2.70. The second-order valence-corrected chi connectivity index (χ2v) is 7.86. The zero-order chi connectivity index (χ0) is 21.1. The Morgan fingerprint density at radius 2 is 1.04 bits per heavy atom. The Kier molecular flexibility index (Phi) is 11.6. The predicted molar refractivity (Wildman–Crippen MR) is 107 cm³/mol. The van der Waals surface area contributed by atoms with Gasteiger partial charge < -0.3 is 30.7 Å². The van der Waals surface area contributed by atoms with Crippen LogP contribution in [-0.2, 0) is 19.1 Å². The first-order valence-electron chi connectivity index (χ1n) is 10.7. The van der Waals surface area contributed by atoms with Gasteiger partial charge in [-0.3, -0.25) is 9.59 Å². The van der Waals surface area contributed by atoms with Gasteiger partial charge in [-0.25, -0.2) is 0 Å². The van der Waals surface area contributed by atoms with Gasteiger partial charge in [0.2, 0.25) is 0 Å². The number of ether oxygens (including phenoxy) is 2. The fraction of sp³-hybridized carbons (Fsp3) is 0.900. The van der Waals surface area contributed by atoms with Gasteiger partial charge in [-0.1, -0.05) is 27.7 Å². The van der Waals surface area contributed by atoms with Crippen LogP contribution in [0.15, 0.2) is 0 Å². The standard InChI is InChI=1S/C20H40N4O4/c1-5-15(3)17(21)19(25)23-7-11-27-13-9-24(10-14-28-12-8-23)20(26)18(22)16(4)6-2/h15-18H,5-14,21-22H2,1-4H3/p+2/t15-,16+,17-,18-/m1/s1. The van der Waals surface area contributed by atoms with Crippen molar-refractivity contribution >= 4 is 11.8 Å². The number of amides is 2. The lowest BCUT2D eigenvalue weighted by atomic mass is 9.99. The molecule has 28 heavy (non-hydrogen) atoms. The Morgan fingerprint density at radius 1 is 0.750 bits per heavy atom. The molecule has 0 aromatic heterocycles. The highest BCUT2D eigenvalue weighted by atomic mass is 16.5. The predicted octanol–water partition coefficient (Wildman–Crippen LogP) is -0.996. The topological polar surface area (TPSA) is 114 Å². The number of hydrogen-bond acceptors (Lipinski definition) is 4. The molecule has 1 aliphatic heterocycles. The Labute approximate surface area is 169 Å². The summed E-state index contributed by atoms with van der Waals surface area (Å²) in [5.74, 6) is 0.612. The molecule has 0 spiro atoms. The first-order chi connectivity index (χ1) is 13.3. The summed E-state index contributed by atoms with van der Waals surface area (Å²) in [5.41, 5.74) is 8.11. The minimum absolute atomic E-state index is 0.0591. The van der Waals surface area contributed by atoms with E-state index in [4.69, 9.17) is 9.47 Å². The van der Waals surface area contributed by atoms with Crippen molar-refractivity contribution in [2.24, 2.45) is 11.8 Å². The number of quaternary nitrogens is 2. The normalized spacial score (nSPS) is 21.8. The van der Waals surface area contributed by atoms with Crippen LogP contribution in [0.25, 0.3) is 0 Å². The quantitative estimate of drug-likeness (QED) is 0.593. The summed E-state index contributed by atoms with van der Waals surface area (Å²) < 4.78 is 11.5. The van der Waals surface area contributed by atoms with Crippen LogP contribution in [0.4, 0.5) is 0 Å². The lowest BCUT2D eigenvalue weighted by Gasteiger charge is -2.29. The Balaban J connectivity index is 2.61. The Bertz CT molecular complexity index is 423. The van der Waals surface area contributed by atoms with Gasteiger partial charge in [-0.2, -0.15) is 0 Å². The van der Waals surface area contributed by atoms with Gasteiger partial charge in [0, 0.05) is 38.0 Å². The molecule has 0 unspecified atom stereocenters. The molecule has 1 fully saturated rings. The highest BCUT2D eigenvalue weighted by Crippen LogP contribution is 2.09. The van der Waals surface area contributed by atoms with Crippen molar-refractivity contribution in [1.82, 2.24) is 9.80 Å². The third kappa shape index (κ3) is 7.66. The zero-order valence-electron chi connectivity index (χ0n) is 18.3. The van der Waals surface area contributed by atoms with Crippen LogP contribution in [0.3, 0.4) is 0 Å². The molecule has 0 aromatic carbocycles. The van der Waals surface area contributed by atoms with Gasteiger partial charge in [0.1, 0.15) is 0 Å². The van der Waals surface area contributed by atoms with E-state index in [1.165, 1.54) is 0 Å². The van der Waals surface area contributed by atoms with Gasteiger partial charge in [0.15, 0.2) is 12.1 Å². The minimum atomic E-state index is -0.249. The Morgan fingerprint density at radius 3 is 1.29 bits per heavy atom. The van der Waals surface area contributed by atoms with E-state index >= 15 is 0 Å². The van der Waals surface area contributed by atoms with Crippen LogP contribution in [-0.4, -0.2) is 86.3 Å². The number of rotatable bonds is 6. The highest BCUT2D eigenvalue weighted by Gasteiger charge is 2.30. The van der Waals surface area contributed by atoms with E-state index < -0.39 is 0 Å². The molecule has 0 aromatic rings. The second-order valence-electron chi connectivity index (χ2n) is 7.86. The molecule has 4 atom stereocenters. The molecule has 8 nitrogen and oxygen atoms in total. The van der Waals surface area contributed by atoms with Crippen molar-refractivity contribution in [1.29, 1.82) is 0 Å². The molecule has 1 saturated heterocycles. The van der Waals surface area contributed by atoms with E-state index in [0.29, 0.717) is 52.6 Å². The van der Waals surface area contributed by atoms with Gasteiger partial charge in [0.05, 0.1) is 26.4 Å². The lowest BCUT2D eigenvalue weighted by Crippen LogP contribution is -2.71. The van der Waals surface area contributed by atoms with Gasteiger partial charge in [0.25, 0.3) is 11.8 Å². The molecule has 0 bridgehead atoms. The third-order valence-electron chi connectivity index (χ3n) is 5.94. The summed E-state index contributed by atoms with van der Waals surface area (Å²) in [6.07, 6.45) is 1.85. The molecule has 0 radical (unpaired) electrons. The van der Waals surface area contributed by atoms with E-state index in [-0.39, 0.29) is 35.7 Å². The van der Waals surface area contributed by atoms with E-state index in [2.05, 4.69) is 39.2 Å². The number of hydrogen-bond donors (Lipinski definition) is 2. The van der Waals surface area contributed by atoms with Gasteiger partial charge in [-0.05, 0) is 12.8 Å². The van der Waals surface area contributed by atoms with E-state index in [0.717, 1.165) is 12.8 Å². The second kappa shape index (κ2) is 13.1. The summed E-state index contributed by atoms with van der Waals surface area (Å²) in [7, 11) is 0. The third-order valence-corrected chi connectivity index (χ3v) is 5.94. The van der Waals surface area contributed by atoms with E-state index in [1.54, 1.807) is 9.80 Å². The summed E-state index contributed by atoms with van der Waals surface area (Å²) in [5, 5.41) is 0. The molecular formula is C20H42N4O4+2. The largest absolute Gasteiger partial charge is 0.378 e. The summed E-state index contributed by atoms with van der Waals surface area (Å²) >= 11 is 0. The van der Waals surface area contributed by atoms with Crippen LogP contribution in [0.1, 0.15) is 40.5 Å². The SMILES string of the molecule is CC[C@@H](C)[C@@H]([NH3+])C(=O)N1CCOCCN(C(=O)[C@H]([NH3+])[C@@H](C)CC)CCOCC1. The van der Waals surface area contributed by atoms with Crippen molar-refractivity contribution in [2.75, 3.05) is 52.6 Å². The first-order valence-corrected chi connectivity index (χ1v) is 10.7. The number of nitrogens with zero attached hydrogens (tertiary/aromatic N) is 2. The van der Waals surface area contributed by atoms with Gasteiger partial charge >= 0.3 is 0 Å². The molecule has 0 saturated carbocycles. The van der Waals surface area contributed by atoms with Crippen LogP contribution in [0.5, 0.6) is 0 Å². The molecular weight excluding hydrogens is 360 g/mol. The molecule has 1 aliphatic rings. The molecule has 8 heteroatoms.